The Kier molecular flexibility index (Phi) is 5.78. The topological polar surface area (TPSA) is 68.0 Å². The lowest BCUT2D eigenvalue weighted by Crippen LogP contribution is -2.23. The number of aryl methyl sites for hydroxylation is 1. The number of pyridine rings is 1. The molecule has 1 aromatic rings. The Morgan fingerprint density at radius 1 is 1.44 bits per heavy atom. The van der Waals surface area contributed by atoms with Crippen molar-refractivity contribution in [3.8, 4) is 0 Å². The maximum Gasteiger partial charge on any atom is 0.225 e. The third-order valence-corrected chi connectivity index (χ3v) is 2.77. The van der Waals surface area contributed by atoms with Crippen LogP contribution in [0.4, 0.5) is 5.82 Å². The Bertz CT molecular complexity index is 390. The largest absolute Gasteiger partial charge is 0.330 e. The Hall–Kier alpha value is -1.42. The summed E-state index contributed by atoms with van der Waals surface area (Å²) in [6, 6.07) is 5.58. The van der Waals surface area contributed by atoms with Crippen LogP contribution in [0.2, 0.25) is 0 Å². The molecular formula is C14H23N3O. The number of hydrogen-bond acceptors (Lipinski definition) is 3. The Labute approximate surface area is 109 Å². The lowest BCUT2D eigenvalue weighted by molar-refractivity contribution is -0.117. The molecule has 1 rings (SSSR count). The zero-order valence-electron chi connectivity index (χ0n) is 11.4. The standard InChI is InChI=1S/C14H23N3O/c1-10(2)7-12(9-15)8-14(18)17-13-6-4-5-11(3)16-13/h4-6,10,12H,7-9,15H2,1-3H3,(H,16,17,18)/t12-/m0/s1. The van der Waals surface area contributed by atoms with E-state index in [0.29, 0.717) is 24.7 Å². The molecule has 0 aliphatic carbocycles. The van der Waals surface area contributed by atoms with Gasteiger partial charge in [-0.2, -0.15) is 0 Å². The SMILES string of the molecule is Cc1cccc(NC(=O)C[C@@H](CN)CC(C)C)n1. The lowest BCUT2D eigenvalue weighted by Gasteiger charge is -2.16. The quantitative estimate of drug-likeness (QED) is 0.813. The summed E-state index contributed by atoms with van der Waals surface area (Å²) < 4.78 is 0. The fraction of sp³-hybridized carbons (Fsp3) is 0.571. The van der Waals surface area contributed by atoms with Crippen molar-refractivity contribution in [2.45, 2.75) is 33.6 Å². The summed E-state index contributed by atoms with van der Waals surface area (Å²) >= 11 is 0. The summed E-state index contributed by atoms with van der Waals surface area (Å²) in [5.41, 5.74) is 6.59. The lowest BCUT2D eigenvalue weighted by atomic mass is 9.94. The molecule has 4 nitrogen and oxygen atoms in total. The fourth-order valence-corrected chi connectivity index (χ4v) is 2.00. The molecule has 0 bridgehead atoms. The van der Waals surface area contributed by atoms with Gasteiger partial charge in [0.2, 0.25) is 5.91 Å². The number of nitrogens with zero attached hydrogens (tertiary/aromatic N) is 1. The number of amides is 1. The van der Waals surface area contributed by atoms with Crippen LogP contribution in [0.5, 0.6) is 0 Å². The predicted molar refractivity (Wildman–Crippen MR) is 74.2 cm³/mol. The monoisotopic (exact) mass is 249 g/mol. The van der Waals surface area contributed by atoms with Crippen LogP contribution in [-0.4, -0.2) is 17.4 Å². The first-order valence-electron chi connectivity index (χ1n) is 6.44. The number of nitrogens with one attached hydrogen (secondary N) is 1. The van der Waals surface area contributed by atoms with Gasteiger partial charge in [-0.05, 0) is 43.9 Å². The highest BCUT2D eigenvalue weighted by Crippen LogP contribution is 2.15. The average molecular weight is 249 g/mol. The molecular weight excluding hydrogens is 226 g/mol. The minimum atomic E-state index is -0.01000. The van der Waals surface area contributed by atoms with E-state index in [1.165, 1.54) is 0 Å². The first-order valence-corrected chi connectivity index (χ1v) is 6.44. The summed E-state index contributed by atoms with van der Waals surface area (Å²) in [5, 5.41) is 2.82. The van der Waals surface area contributed by atoms with E-state index in [-0.39, 0.29) is 11.8 Å². The van der Waals surface area contributed by atoms with Crippen molar-refractivity contribution in [3.63, 3.8) is 0 Å². The van der Waals surface area contributed by atoms with Crippen molar-refractivity contribution in [2.75, 3.05) is 11.9 Å². The van der Waals surface area contributed by atoms with Crippen LogP contribution in [0.3, 0.4) is 0 Å². The van der Waals surface area contributed by atoms with E-state index in [1.807, 2.05) is 19.1 Å². The second kappa shape index (κ2) is 7.11. The first kappa shape index (κ1) is 14.6. The van der Waals surface area contributed by atoms with E-state index in [4.69, 9.17) is 5.73 Å². The highest BCUT2D eigenvalue weighted by atomic mass is 16.1. The molecule has 0 unspecified atom stereocenters. The Morgan fingerprint density at radius 2 is 2.17 bits per heavy atom. The van der Waals surface area contributed by atoms with E-state index in [9.17, 15) is 4.79 Å². The van der Waals surface area contributed by atoms with Gasteiger partial charge in [0.1, 0.15) is 5.82 Å². The molecule has 18 heavy (non-hydrogen) atoms. The molecule has 0 saturated carbocycles. The molecule has 0 saturated heterocycles. The predicted octanol–water partition coefficient (Wildman–Crippen LogP) is 2.34. The molecule has 1 heterocycles. The zero-order chi connectivity index (χ0) is 13.5. The summed E-state index contributed by atoms with van der Waals surface area (Å²) in [7, 11) is 0. The van der Waals surface area contributed by atoms with E-state index in [2.05, 4.69) is 24.1 Å². The van der Waals surface area contributed by atoms with Gasteiger partial charge >= 0.3 is 0 Å². The van der Waals surface area contributed by atoms with Crippen molar-refractivity contribution in [1.29, 1.82) is 0 Å². The Morgan fingerprint density at radius 3 is 2.72 bits per heavy atom. The van der Waals surface area contributed by atoms with Crippen LogP contribution in [0.15, 0.2) is 18.2 Å². The highest BCUT2D eigenvalue weighted by molar-refractivity contribution is 5.89. The number of carbonyl (C=O) groups excluding carboxylic acids is 1. The van der Waals surface area contributed by atoms with E-state index in [1.54, 1.807) is 6.07 Å². The van der Waals surface area contributed by atoms with Gasteiger partial charge in [0.25, 0.3) is 0 Å². The molecule has 1 amide bonds. The maximum atomic E-state index is 11.9. The van der Waals surface area contributed by atoms with Crippen molar-refractivity contribution < 1.29 is 4.79 Å². The third-order valence-electron chi connectivity index (χ3n) is 2.77. The molecule has 3 N–H and O–H groups in total. The van der Waals surface area contributed by atoms with Crippen molar-refractivity contribution in [2.24, 2.45) is 17.6 Å². The minimum absolute atomic E-state index is 0.01000. The summed E-state index contributed by atoms with van der Waals surface area (Å²) in [6.07, 6.45) is 1.44. The van der Waals surface area contributed by atoms with Crippen molar-refractivity contribution in [3.05, 3.63) is 23.9 Å². The maximum absolute atomic E-state index is 11.9. The van der Waals surface area contributed by atoms with E-state index in [0.717, 1.165) is 12.1 Å². The third kappa shape index (κ3) is 5.27. The van der Waals surface area contributed by atoms with Crippen LogP contribution in [0, 0.1) is 18.8 Å². The second-order valence-corrected chi connectivity index (χ2v) is 5.15. The summed E-state index contributed by atoms with van der Waals surface area (Å²) in [5.74, 6) is 1.41. The first-order chi connectivity index (χ1) is 8.51. The van der Waals surface area contributed by atoms with Gasteiger partial charge < -0.3 is 11.1 Å². The molecule has 0 radical (unpaired) electrons. The van der Waals surface area contributed by atoms with E-state index >= 15 is 0 Å². The number of aromatic nitrogens is 1. The van der Waals surface area contributed by atoms with Crippen molar-refractivity contribution >= 4 is 11.7 Å². The molecule has 0 spiro atoms. The number of carbonyl (C=O) groups is 1. The zero-order valence-corrected chi connectivity index (χ0v) is 11.4. The van der Waals surface area contributed by atoms with Crippen LogP contribution >= 0.6 is 0 Å². The normalized spacial score (nSPS) is 12.5. The summed E-state index contributed by atoms with van der Waals surface area (Å²) in [6.45, 7) is 6.73. The summed E-state index contributed by atoms with van der Waals surface area (Å²) in [4.78, 5) is 16.1. The van der Waals surface area contributed by atoms with Gasteiger partial charge in [0, 0.05) is 12.1 Å². The highest BCUT2D eigenvalue weighted by Gasteiger charge is 2.14. The molecule has 0 aromatic carbocycles. The van der Waals surface area contributed by atoms with Crippen molar-refractivity contribution in [1.82, 2.24) is 4.98 Å². The van der Waals surface area contributed by atoms with Gasteiger partial charge in [-0.3, -0.25) is 4.79 Å². The van der Waals surface area contributed by atoms with Crippen LogP contribution in [0.1, 0.15) is 32.4 Å². The average Bonchev–Trinajstić information content (AvgIpc) is 2.27. The molecule has 4 heteroatoms. The van der Waals surface area contributed by atoms with Gasteiger partial charge in [-0.25, -0.2) is 4.98 Å². The van der Waals surface area contributed by atoms with Crippen LogP contribution < -0.4 is 11.1 Å². The number of anilines is 1. The van der Waals surface area contributed by atoms with Gasteiger partial charge in [-0.1, -0.05) is 19.9 Å². The number of hydrogen-bond donors (Lipinski definition) is 2. The molecule has 0 fully saturated rings. The number of rotatable bonds is 6. The Balaban J connectivity index is 2.50. The smallest absolute Gasteiger partial charge is 0.225 e. The number of nitrogens with two attached hydrogens (primary N) is 1. The molecule has 0 aliphatic rings. The molecule has 1 aromatic heterocycles. The molecule has 0 aliphatic heterocycles. The van der Waals surface area contributed by atoms with Crippen LogP contribution in [-0.2, 0) is 4.79 Å². The van der Waals surface area contributed by atoms with Crippen LogP contribution in [0.25, 0.3) is 0 Å². The fourth-order valence-electron chi connectivity index (χ4n) is 2.00. The minimum Gasteiger partial charge on any atom is -0.330 e. The molecule has 1 atom stereocenters. The van der Waals surface area contributed by atoms with Gasteiger partial charge in [0.15, 0.2) is 0 Å². The van der Waals surface area contributed by atoms with Gasteiger partial charge in [-0.15, -0.1) is 0 Å². The van der Waals surface area contributed by atoms with Gasteiger partial charge in [0.05, 0.1) is 0 Å². The van der Waals surface area contributed by atoms with E-state index < -0.39 is 0 Å². The molecule has 100 valence electrons. The second-order valence-electron chi connectivity index (χ2n) is 5.15.